The Labute approximate surface area is 74.1 Å². The van der Waals surface area contributed by atoms with Crippen molar-refractivity contribution in [1.82, 2.24) is 5.48 Å². The molecule has 0 bridgehead atoms. The first-order valence-corrected chi connectivity index (χ1v) is 4.33. The lowest BCUT2D eigenvalue weighted by atomic mass is 10.2. The summed E-state index contributed by atoms with van der Waals surface area (Å²) in [5.74, 6) is 0. The van der Waals surface area contributed by atoms with Crippen LogP contribution < -0.4 is 5.48 Å². The molecule has 0 aliphatic rings. The SMILES string of the molecule is C[C@H](NO)/C(=N/O)c1cccs1. The molecule has 4 nitrogen and oxygen atoms in total. The second-order valence-electron chi connectivity index (χ2n) is 2.31. The Morgan fingerprint density at radius 2 is 2.50 bits per heavy atom. The molecule has 0 radical (unpaired) electrons. The van der Waals surface area contributed by atoms with Crippen LogP contribution in [0.15, 0.2) is 22.7 Å². The lowest BCUT2D eigenvalue weighted by Crippen LogP contribution is -2.31. The number of rotatable bonds is 3. The lowest BCUT2D eigenvalue weighted by molar-refractivity contribution is 0.154. The van der Waals surface area contributed by atoms with Crippen LogP contribution in [0.5, 0.6) is 0 Å². The number of hydrogen-bond acceptors (Lipinski definition) is 5. The highest BCUT2D eigenvalue weighted by molar-refractivity contribution is 7.12. The molecule has 0 aliphatic carbocycles. The third-order valence-electron chi connectivity index (χ3n) is 1.49. The van der Waals surface area contributed by atoms with Crippen molar-refractivity contribution in [2.45, 2.75) is 13.0 Å². The van der Waals surface area contributed by atoms with Crippen LogP contribution in [-0.4, -0.2) is 22.2 Å². The Morgan fingerprint density at radius 3 is 2.92 bits per heavy atom. The van der Waals surface area contributed by atoms with Crippen LogP contribution in [0.4, 0.5) is 0 Å². The van der Waals surface area contributed by atoms with Gasteiger partial charge in [0.25, 0.3) is 0 Å². The third-order valence-corrected chi connectivity index (χ3v) is 2.38. The van der Waals surface area contributed by atoms with Gasteiger partial charge in [-0.1, -0.05) is 11.2 Å². The molecule has 1 rings (SSSR count). The average Bonchev–Trinajstić information content (AvgIpc) is 2.58. The zero-order chi connectivity index (χ0) is 8.97. The van der Waals surface area contributed by atoms with E-state index in [9.17, 15) is 0 Å². The molecule has 0 saturated heterocycles. The second-order valence-corrected chi connectivity index (χ2v) is 3.26. The zero-order valence-corrected chi connectivity index (χ0v) is 7.38. The van der Waals surface area contributed by atoms with E-state index in [1.54, 1.807) is 6.92 Å². The van der Waals surface area contributed by atoms with Crippen LogP contribution in [0.3, 0.4) is 0 Å². The van der Waals surface area contributed by atoms with Crippen molar-refractivity contribution in [2.24, 2.45) is 5.16 Å². The fraction of sp³-hybridized carbons (Fsp3) is 0.286. The van der Waals surface area contributed by atoms with E-state index in [1.807, 2.05) is 23.0 Å². The quantitative estimate of drug-likeness (QED) is 0.378. The van der Waals surface area contributed by atoms with Gasteiger partial charge in [0.2, 0.25) is 0 Å². The molecule has 5 heteroatoms. The molecule has 1 heterocycles. The highest BCUT2D eigenvalue weighted by Crippen LogP contribution is 2.11. The van der Waals surface area contributed by atoms with Gasteiger partial charge in [-0.05, 0) is 18.4 Å². The maximum Gasteiger partial charge on any atom is 0.116 e. The predicted octanol–water partition coefficient (Wildman–Crippen LogP) is 1.29. The molecule has 0 saturated carbocycles. The minimum atomic E-state index is -0.367. The summed E-state index contributed by atoms with van der Waals surface area (Å²) < 4.78 is 0. The zero-order valence-electron chi connectivity index (χ0n) is 6.56. The van der Waals surface area contributed by atoms with E-state index >= 15 is 0 Å². The Kier molecular flexibility index (Phi) is 3.21. The standard InChI is InChI=1S/C7H10N2O2S/c1-5(8-10)7(9-11)6-3-2-4-12-6/h2-5,8,10-11H,1H3/b9-7-/t5-/m0/s1. The van der Waals surface area contributed by atoms with E-state index < -0.39 is 0 Å². The summed E-state index contributed by atoms with van der Waals surface area (Å²) in [6, 6.07) is 3.32. The molecule has 0 aromatic carbocycles. The summed E-state index contributed by atoms with van der Waals surface area (Å²) in [6.45, 7) is 1.70. The van der Waals surface area contributed by atoms with E-state index in [0.29, 0.717) is 5.71 Å². The molecule has 1 atom stereocenters. The van der Waals surface area contributed by atoms with E-state index in [0.717, 1.165) is 4.88 Å². The van der Waals surface area contributed by atoms with Gasteiger partial charge in [-0.25, -0.2) is 0 Å². The lowest BCUT2D eigenvalue weighted by Gasteiger charge is -2.08. The first-order chi connectivity index (χ1) is 5.79. The fourth-order valence-electron chi connectivity index (χ4n) is 0.835. The smallest absolute Gasteiger partial charge is 0.116 e. The Morgan fingerprint density at radius 1 is 1.75 bits per heavy atom. The monoisotopic (exact) mass is 186 g/mol. The van der Waals surface area contributed by atoms with Crippen molar-refractivity contribution in [3.05, 3.63) is 22.4 Å². The molecule has 3 N–H and O–H groups in total. The number of nitrogens with zero attached hydrogens (tertiary/aromatic N) is 1. The van der Waals surface area contributed by atoms with Crippen LogP contribution >= 0.6 is 11.3 Å². The van der Waals surface area contributed by atoms with E-state index in [2.05, 4.69) is 5.16 Å². The van der Waals surface area contributed by atoms with Crippen LogP contribution in [-0.2, 0) is 0 Å². The molecule has 0 spiro atoms. The van der Waals surface area contributed by atoms with Crippen molar-refractivity contribution in [2.75, 3.05) is 0 Å². The fourth-order valence-corrected chi connectivity index (χ4v) is 1.63. The third kappa shape index (κ3) is 1.82. The van der Waals surface area contributed by atoms with Gasteiger partial charge in [0, 0.05) is 0 Å². The molecule has 12 heavy (non-hydrogen) atoms. The summed E-state index contributed by atoms with van der Waals surface area (Å²) in [5.41, 5.74) is 2.46. The van der Waals surface area contributed by atoms with E-state index in [1.165, 1.54) is 11.3 Å². The summed E-state index contributed by atoms with van der Waals surface area (Å²) >= 11 is 1.46. The van der Waals surface area contributed by atoms with Crippen LogP contribution in [0.1, 0.15) is 11.8 Å². The average molecular weight is 186 g/mol. The normalized spacial score (nSPS) is 14.7. The van der Waals surface area contributed by atoms with Crippen LogP contribution in [0.2, 0.25) is 0 Å². The summed E-state index contributed by atoms with van der Waals surface area (Å²) in [4.78, 5) is 0.839. The van der Waals surface area contributed by atoms with Gasteiger partial charge in [-0.3, -0.25) is 0 Å². The first-order valence-electron chi connectivity index (χ1n) is 3.45. The summed E-state index contributed by atoms with van der Waals surface area (Å²) in [5, 5.41) is 22.2. The maximum absolute atomic E-state index is 8.64. The van der Waals surface area contributed by atoms with Crippen molar-refractivity contribution in [3.8, 4) is 0 Å². The van der Waals surface area contributed by atoms with Gasteiger partial charge in [0.1, 0.15) is 5.71 Å². The molecule has 1 aromatic rings. The Bertz CT molecular complexity index is 258. The maximum atomic E-state index is 8.64. The molecule has 0 aliphatic heterocycles. The molecule has 66 valence electrons. The van der Waals surface area contributed by atoms with Gasteiger partial charge < -0.3 is 10.4 Å². The Hall–Kier alpha value is -0.910. The highest BCUT2D eigenvalue weighted by atomic mass is 32.1. The number of nitrogens with one attached hydrogen (secondary N) is 1. The van der Waals surface area contributed by atoms with Crippen molar-refractivity contribution in [3.63, 3.8) is 0 Å². The first kappa shape index (κ1) is 9.18. The van der Waals surface area contributed by atoms with Crippen molar-refractivity contribution in [1.29, 1.82) is 0 Å². The van der Waals surface area contributed by atoms with Gasteiger partial charge >= 0.3 is 0 Å². The van der Waals surface area contributed by atoms with Crippen LogP contribution in [0.25, 0.3) is 0 Å². The summed E-state index contributed by atoms with van der Waals surface area (Å²) in [7, 11) is 0. The summed E-state index contributed by atoms with van der Waals surface area (Å²) in [6.07, 6.45) is 0. The van der Waals surface area contributed by atoms with E-state index in [4.69, 9.17) is 10.4 Å². The predicted molar refractivity (Wildman–Crippen MR) is 47.0 cm³/mol. The minimum Gasteiger partial charge on any atom is -0.411 e. The molecular weight excluding hydrogens is 176 g/mol. The minimum absolute atomic E-state index is 0.367. The van der Waals surface area contributed by atoms with Gasteiger partial charge in [-0.2, -0.15) is 5.48 Å². The molecule has 1 aromatic heterocycles. The number of thiophene rings is 1. The highest BCUT2D eigenvalue weighted by Gasteiger charge is 2.12. The molecule has 0 amide bonds. The van der Waals surface area contributed by atoms with Gasteiger partial charge in [0.15, 0.2) is 0 Å². The van der Waals surface area contributed by atoms with Crippen molar-refractivity contribution >= 4 is 17.0 Å². The Balaban J connectivity index is 2.85. The van der Waals surface area contributed by atoms with Gasteiger partial charge in [-0.15, -0.1) is 11.3 Å². The number of hydrogen-bond donors (Lipinski definition) is 3. The van der Waals surface area contributed by atoms with Crippen LogP contribution in [0, 0.1) is 0 Å². The molecule has 0 unspecified atom stereocenters. The number of oxime groups is 1. The van der Waals surface area contributed by atoms with Gasteiger partial charge in [0.05, 0.1) is 10.9 Å². The molecular formula is C7H10N2O2S. The van der Waals surface area contributed by atoms with Crippen molar-refractivity contribution < 1.29 is 10.4 Å². The van der Waals surface area contributed by atoms with E-state index in [-0.39, 0.29) is 6.04 Å². The molecule has 0 fully saturated rings. The number of hydroxylamine groups is 1. The largest absolute Gasteiger partial charge is 0.411 e. The topological polar surface area (TPSA) is 64.8 Å². The second kappa shape index (κ2) is 4.20.